The number of pyridine rings is 5. The fraction of sp³-hybridized carbons (Fsp3) is 0.308. The number of amides is 2. The molecule has 1 saturated heterocycles. The summed E-state index contributed by atoms with van der Waals surface area (Å²) < 4.78 is 32.0. The highest BCUT2D eigenvalue weighted by Gasteiger charge is 2.29. The van der Waals surface area contributed by atoms with Gasteiger partial charge in [-0.1, -0.05) is 160 Å². The zero-order chi connectivity index (χ0) is 80.3. The number of carbonyl (C=O) groups is 8. The lowest BCUT2D eigenvalue weighted by Gasteiger charge is -2.09. The fourth-order valence-corrected chi connectivity index (χ4v) is 10.5. The molecule has 0 atom stereocenters. The summed E-state index contributed by atoms with van der Waals surface area (Å²) in [5, 5.41) is -0.216. The van der Waals surface area contributed by atoms with Crippen LogP contribution in [-0.2, 0) is 67.3 Å². The second-order valence-corrected chi connectivity index (χ2v) is 25.9. The summed E-state index contributed by atoms with van der Waals surface area (Å²) in [6.45, 7) is 20.3. The van der Waals surface area contributed by atoms with Crippen molar-refractivity contribution in [1.82, 2.24) is 29.8 Å². The Bertz CT molecular complexity index is 4060. The number of thioether (sulfide) groups is 1. The van der Waals surface area contributed by atoms with Crippen molar-refractivity contribution in [3.8, 4) is 28.7 Å². The van der Waals surface area contributed by atoms with E-state index in [-0.39, 0.29) is 98.8 Å². The number of hydrogen-bond donors (Lipinski definition) is 0. The van der Waals surface area contributed by atoms with Gasteiger partial charge in [0.1, 0.15) is 63.9 Å². The van der Waals surface area contributed by atoms with Crippen LogP contribution < -0.4 is 23.7 Å². The molecular weight excluding hydrogens is 1430 g/mol. The second-order valence-electron chi connectivity index (χ2n) is 25.0. The first-order valence-corrected chi connectivity index (χ1v) is 38.2. The highest BCUT2D eigenvalue weighted by molar-refractivity contribution is 8.14. The Kier molecular flexibility index (Phi) is 40.7. The van der Waals surface area contributed by atoms with Crippen LogP contribution in [0.25, 0.3) is 0 Å². The maximum absolute atomic E-state index is 12.0. The van der Waals surface area contributed by atoms with Crippen molar-refractivity contribution < 1.29 is 66.8 Å². The summed E-state index contributed by atoms with van der Waals surface area (Å²) in [6.07, 6.45) is 17.2. The van der Waals surface area contributed by atoms with E-state index in [0.717, 1.165) is 102 Å². The number of benzene rings is 5. The molecule has 0 aliphatic carbocycles. The van der Waals surface area contributed by atoms with Crippen molar-refractivity contribution >= 4 is 57.6 Å². The van der Waals surface area contributed by atoms with E-state index in [1.54, 1.807) is 85.6 Å². The van der Waals surface area contributed by atoms with Crippen molar-refractivity contribution in [2.75, 3.05) is 52.6 Å². The molecule has 1 fully saturated rings. The van der Waals surface area contributed by atoms with E-state index in [1.165, 1.54) is 36.3 Å². The Morgan fingerprint density at radius 3 is 0.688 bits per heavy atom. The van der Waals surface area contributed by atoms with Crippen LogP contribution in [0.15, 0.2) is 213 Å². The van der Waals surface area contributed by atoms with Crippen LogP contribution in [0.5, 0.6) is 28.7 Å². The van der Waals surface area contributed by atoms with Gasteiger partial charge in [-0.3, -0.25) is 63.3 Å². The molecule has 6 heterocycles. The molecule has 0 spiro atoms. The maximum atomic E-state index is 12.0. The molecule has 10 aromatic rings. The molecule has 0 N–H and O–H groups in total. The molecule has 2 amide bonds. The van der Waals surface area contributed by atoms with Crippen molar-refractivity contribution in [2.45, 2.75) is 134 Å². The van der Waals surface area contributed by atoms with Crippen LogP contribution in [0, 0.1) is 0 Å². The molecule has 0 bridgehead atoms. The first kappa shape index (κ1) is 90.9. The third kappa shape index (κ3) is 31.7. The van der Waals surface area contributed by atoms with Gasteiger partial charge >= 0.3 is 0 Å². The number of methoxy groups -OCH3 is 1. The number of aromatic nitrogens is 5. The summed E-state index contributed by atoms with van der Waals surface area (Å²) in [7, 11) is 1.45. The van der Waals surface area contributed by atoms with Gasteiger partial charge in [0.25, 0.3) is 5.24 Å². The van der Waals surface area contributed by atoms with Crippen molar-refractivity contribution in [2.24, 2.45) is 0 Å². The predicted molar refractivity (Wildman–Crippen MR) is 440 cm³/mol. The smallest absolute Gasteiger partial charge is 0.290 e. The van der Waals surface area contributed by atoms with Gasteiger partial charge in [0, 0.05) is 43.7 Å². The van der Waals surface area contributed by atoms with E-state index >= 15 is 0 Å². The number of nitrogens with zero attached hydrogens (tertiary/aromatic N) is 6. The molecule has 1 aliphatic heterocycles. The zero-order valence-corrected chi connectivity index (χ0v) is 66.1. The third-order valence-corrected chi connectivity index (χ3v) is 18.0. The van der Waals surface area contributed by atoms with Crippen LogP contribution >= 0.6 is 11.8 Å². The van der Waals surface area contributed by atoms with Crippen LogP contribution in [-0.4, -0.2) is 128 Å². The van der Waals surface area contributed by atoms with Crippen molar-refractivity contribution in [3.63, 3.8) is 0 Å². The molecule has 588 valence electrons. The molecule has 1 aliphatic rings. The molecule has 5 aromatic heterocycles. The molecule has 5 aromatic carbocycles. The van der Waals surface area contributed by atoms with E-state index in [2.05, 4.69) is 85.0 Å². The average molecular weight is 1540 g/mol. The van der Waals surface area contributed by atoms with Gasteiger partial charge in [0.2, 0.25) is 34.8 Å². The summed E-state index contributed by atoms with van der Waals surface area (Å²) in [6, 6.07) is 56.2. The van der Waals surface area contributed by atoms with Crippen molar-refractivity contribution in [1.29, 1.82) is 0 Å². The van der Waals surface area contributed by atoms with Gasteiger partial charge in [0.15, 0.2) is 38.8 Å². The van der Waals surface area contributed by atoms with Crippen LogP contribution in [0.2, 0.25) is 0 Å². The zero-order valence-electron chi connectivity index (χ0n) is 65.3. The molecule has 20 nitrogen and oxygen atoms in total. The Hall–Kier alpha value is -11.7. The highest BCUT2D eigenvalue weighted by Crippen LogP contribution is 2.21. The van der Waals surface area contributed by atoms with Gasteiger partial charge in [-0.15, -0.1) is 0 Å². The van der Waals surface area contributed by atoms with Gasteiger partial charge in [-0.2, -0.15) is 0 Å². The first-order chi connectivity index (χ1) is 53.7. The number of imide groups is 1. The summed E-state index contributed by atoms with van der Waals surface area (Å²) >= 11 is 1.01. The van der Waals surface area contributed by atoms with Gasteiger partial charge in [0.05, 0.1) is 5.75 Å². The number of Topliss-reactive ketones (excluding diaryl/α,β-unsaturated/α-hetero) is 6. The van der Waals surface area contributed by atoms with Crippen LogP contribution in [0.1, 0.15) is 190 Å². The van der Waals surface area contributed by atoms with E-state index in [4.69, 9.17) is 23.7 Å². The average Bonchev–Trinajstić information content (AvgIpc) is 1.86. The Balaban J connectivity index is 0.000000242. The number of carbonyl (C=O) groups excluding carboxylic acids is 8. The van der Waals surface area contributed by atoms with E-state index in [9.17, 15) is 38.4 Å². The van der Waals surface area contributed by atoms with E-state index in [0.29, 0.717) is 62.8 Å². The quantitative estimate of drug-likeness (QED) is 0.0355. The SMILES string of the molecule is C.CCc1ccc(C(=O)COc2ccc(C(C)=O)cc2)nc1.CCc1ccc(OCC(=O)c2ccc(CC)cn2)cc1.CCc1ccc(OCC(=O)c2ccc(CC)cn2)cc1.CCc1ccc(OCC(=O)c2ccc(CC)cn2)cc1.CCc1ccc(OCC(=O)c2ccc(CC)cn2)cc1.COCN1C(=O)CSC1=O. The first-order valence-electron chi connectivity index (χ1n) is 37.2. The highest BCUT2D eigenvalue weighted by atomic mass is 32.2. The number of rotatable bonds is 32. The summed E-state index contributed by atoms with van der Waals surface area (Å²) in [4.78, 5) is 114. The third-order valence-electron chi connectivity index (χ3n) is 17.1. The normalized spacial score (nSPS) is 10.9. The topological polar surface area (TPSA) is 260 Å². The fourth-order valence-electron chi connectivity index (χ4n) is 9.81. The van der Waals surface area contributed by atoms with Crippen LogP contribution in [0.3, 0.4) is 0 Å². The number of ketones is 6. The van der Waals surface area contributed by atoms with Gasteiger partial charge < -0.3 is 28.4 Å². The van der Waals surface area contributed by atoms with Gasteiger partial charge in [-0.25, -0.2) is 4.90 Å². The van der Waals surface area contributed by atoms with Crippen LogP contribution in [0.4, 0.5) is 4.79 Å². The summed E-state index contributed by atoms with van der Waals surface area (Å²) in [5.41, 5.74) is 13.4. The minimum atomic E-state index is -0.216. The lowest BCUT2D eigenvalue weighted by atomic mass is 10.1. The van der Waals surface area contributed by atoms with E-state index in [1.807, 2.05) is 134 Å². The molecule has 0 unspecified atom stereocenters. The number of hydrogen-bond acceptors (Lipinski definition) is 20. The molecular formula is C91H104N6O14S. The minimum Gasteiger partial charge on any atom is -0.485 e. The predicted octanol–water partition coefficient (Wildman–Crippen LogP) is 17.9. The molecule has 11 rings (SSSR count). The van der Waals surface area contributed by atoms with Crippen molar-refractivity contribution in [3.05, 3.63) is 297 Å². The number of aryl methyl sites for hydroxylation is 9. The second kappa shape index (κ2) is 50.2. The number of ether oxygens (including phenoxy) is 6. The standard InChI is InChI=1S/C17H17NO3.4C17H19NO2.C5H7NO3S.CH4/c1-3-13-4-9-16(18-10-13)17(20)11-21-15-7-5-14(6-8-15)12(2)19;4*1-3-13-5-8-15(9-6-13)20-12-17(19)16-10-7-14(4-2)11-18-16;1-9-3-6-4(7)2-10-5(6)8;/h4-10H,3,11H2,1-2H3;4*5-11H,3-4,12H2,1-2H3;2-3H2,1H3;1H4. The lowest BCUT2D eigenvalue weighted by Crippen LogP contribution is -2.30. The molecule has 112 heavy (non-hydrogen) atoms. The molecule has 21 heteroatoms. The summed E-state index contributed by atoms with van der Waals surface area (Å²) in [5.74, 6) is 2.88. The molecule has 0 saturated carbocycles. The largest absolute Gasteiger partial charge is 0.485 e. The Morgan fingerprint density at radius 1 is 0.321 bits per heavy atom. The Morgan fingerprint density at radius 2 is 0.527 bits per heavy atom. The Labute approximate surface area is 663 Å². The van der Waals surface area contributed by atoms with E-state index < -0.39 is 0 Å². The minimum absolute atomic E-state index is 0. The molecule has 0 radical (unpaired) electrons. The maximum Gasteiger partial charge on any atom is 0.290 e. The van der Waals surface area contributed by atoms with Gasteiger partial charge in [-0.05, 0) is 218 Å². The lowest BCUT2D eigenvalue weighted by molar-refractivity contribution is -0.127. The monoisotopic (exact) mass is 1540 g/mol.